The summed E-state index contributed by atoms with van der Waals surface area (Å²) in [5.41, 5.74) is -2.00. The first-order valence-electron chi connectivity index (χ1n) is 5.53. The molecule has 2 aromatic rings. The van der Waals surface area contributed by atoms with Gasteiger partial charge in [-0.15, -0.1) is 0 Å². The van der Waals surface area contributed by atoms with Crippen LogP contribution in [0.5, 0.6) is 0 Å². The molecule has 0 saturated heterocycles. The zero-order valence-electron chi connectivity index (χ0n) is 10.2. The number of rotatable bonds is 2. The predicted octanol–water partition coefficient (Wildman–Crippen LogP) is 3.59. The molecule has 2 rings (SSSR count). The van der Waals surface area contributed by atoms with Crippen LogP contribution in [0.4, 0.5) is 13.2 Å². The minimum Gasteiger partial charge on any atom is -0.462 e. The summed E-state index contributed by atoms with van der Waals surface area (Å²) in [7, 11) is 0. The first-order chi connectivity index (χ1) is 9.32. The molecule has 0 unspecified atom stereocenters. The number of fused-ring (bicyclic) bond motifs is 1. The Morgan fingerprint density at radius 1 is 1.40 bits per heavy atom. The van der Waals surface area contributed by atoms with Gasteiger partial charge in [0.1, 0.15) is 0 Å². The average Bonchev–Trinajstić information content (AvgIpc) is 2.36. The zero-order chi connectivity index (χ0) is 14.9. The fourth-order valence-corrected chi connectivity index (χ4v) is 1.97. The summed E-state index contributed by atoms with van der Waals surface area (Å²) in [6.45, 7) is 1.49. The van der Waals surface area contributed by atoms with Crippen molar-refractivity contribution in [3.8, 4) is 0 Å². The Kier molecular flexibility index (Phi) is 3.94. The van der Waals surface area contributed by atoms with Crippen molar-refractivity contribution in [3.63, 3.8) is 0 Å². The van der Waals surface area contributed by atoms with Crippen LogP contribution >= 0.6 is 15.9 Å². The highest BCUT2D eigenvalue weighted by Crippen LogP contribution is 2.32. The van der Waals surface area contributed by atoms with Gasteiger partial charge in [-0.1, -0.05) is 0 Å². The summed E-state index contributed by atoms with van der Waals surface area (Å²) in [4.78, 5) is 18.9. The Morgan fingerprint density at radius 2 is 2.10 bits per heavy atom. The first kappa shape index (κ1) is 14.7. The second-order valence-corrected chi connectivity index (χ2v) is 4.72. The first-order valence-corrected chi connectivity index (χ1v) is 6.33. The Balaban J connectivity index is 2.70. The van der Waals surface area contributed by atoms with Gasteiger partial charge < -0.3 is 4.74 Å². The van der Waals surface area contributed by atoms with E-state index in [4.69, 9.17) is 0 Å². The summed E-state index contributed by atoms with van der Waals surface area (Å²) < 4.78 is 44.0. The van der Waals surface area contributed by atoms with Crippen LogP contribution in [0.2, 0.25) is 0 Å². The van der Waals surface area contributed by atoms with Crippen LogP contribution in [0.1, 0.15) is 23.0 Å². The van der Waals surface area contributed by atoms with Crippen molar-refractivity contribution < 1.29 is 22.7 Å². The third-order valence-corrected chi connectivity index (χ3v) is 2.83. The van der Waals surface area contributed by atoms with Gasteiger partial charge in [-0.2, -0.15) is 13.2 Å². The molecule has 0 fully saturated rings. The summed E-state index contributed by atoms with van der Waals surface area (Å²) in [5, 5.41) is 0.315. The summed E-state index contributed by atoms with van der Waals surface area (Å²) in [6.07, 6.45) is -3.43. The quantitative estimate of drug-likeness (QED) is 0.778. The molecule has 0 spiro atoms. The number of hydrogen-bond acceptors (Lipinski definition) is 4. The van der Waals surface area contributed by atoms with Crippen LogP contribution in [0.15, 0.2) is 22.8 Å². The van der Waals surface area contributed by atoms with E-state index in [2.05, 4.69) is 30.6 Å². The molecule has 106 valence electrons. The number of esters is 1. The molecule has 0 N–H and O–H groups in total. The van der Waals surface area contributed by atoms with Crippen molar-refractivity contribution >= 4 is 32.9 Å². The number of halogens is 4. The molecule has 2 aromatic heterocycles. The van der Waals surface area contributed by atoms with Gasteiger partial charge in [0, 0.05) is 16.1 Å². The monoisotopic (exact) mass is 348 g/mol. The maximum Gasteiger partial charge on any atom is 0.434 e. The molecule has 2 heterocycles. The van der Waals surface area contributed by atoms with Crippen LogP contribution in [-0.4, -0.2) is 22.5 Å². The van der Waals surface area contributed by atoms with E-state index in [1.165, 1.54) is 19.2 Å². The molecule has 0 aliphatic rings. The standard InChI is InChI=1S/C12H8BrF3N2O2/c1-2-20-11(19)8-4-6-3-7(13)5-17-10(6)18-9(8)12(14,15)16/h3-5H,2H2,1H3. The number of hydrogen-bond donors (Lipinski definition) is 0. The second-order valence-electron chi connectivity index (χ2n) is 3.80. The molecule has 0 amide bonds. The fourth-order valence-electron chi connectivity index (χ4n) is 1.62. The van der Waals surface area contributed by atoms with E-state index in [-0.39, 0.29) is 12.3 Å². The van der Waals surface area contributed by atoms with Crippen molar-refractivity contribution in [2.45, 2.75) is 13.1 Å². The number of pyridine rings is 2. The summed E-state index contributed by atoms with van der Waals surface area (Å²) in [6, 6.07) is 2.61. The lowest BCUT2D eigenvalue weighted by Gasteiger charge is -2.12. The topological polar surface area (TPSA) is 52.1 Å². The molecule has 8 heteroatoms. The van der Waals surface area contributed by atoms with Gasteiger partial charge >= 0.3 is 12.1 Å². The molecule has 0 atom stereocenters. The molecule has 0 aliphatic heterocycles. The van der Waals surface area contributed by atoms with E-state index in [1.807, 2.05) is 0 Å². The van der Waals surface area contributed by atoms with Crippen molar-refractivity contribution in [1.82, 2.24) is 9.97 Å². The van der Waals surface area contributed by atoms with Crippen molar-refractivity contribution in [2.24, 2.45) is 0 Å². The average molecular weight is 349 g/mol. The van der Waals surface area contributed by atoms with Crippen LogP contribution in [-0.2, 0) is 10.9 Å². The van der Waals surface area contributed by atoms with Crippen molar-refractivity contribution in [2.75, 3.05) is 6.61 Å². The SMILES string of the molecule is CCOC(=O)c1cc2cc(Br)cnc2nc1C(F)(F)F. The van der Waals surface area contributed by atoms with E-state index >= 15 is 0 Å². The highest BCUT2D eigenvalue weighted by atomic mass is 79.9. The van der Waals surface area contributed by atoms with E-state index in [9.17, 15) is 18.0 Å². The Hall–Kier alpha value is -1.70. The van der Waals surface area contributed by atoms with Gasteiger partial charge in [0.15, 0.2) is 11.3 Å². The predicted molar refractivity (Wildman–Crippen MR) is 68.2 cm³/mol. The number of alkyl halides is 3. The molecular weight excluding hydrogens is 341 g/mol. The summed E-state index contributed by atoms with van der Waals surface area (Å²) >= 11 is 3.15. The maximum atomic E-state index is 12.9. The lowest BCUT2D eigenvalue weighted by atomic mass is 10.1. The fraction of sp³-hybridized carbons (Fsp3) is 0.250. The molecule has 0 radical (unpaired) electrons. The minimum atomic E-state index is -4.76. The largest absolute Gasteiger partial charge is 0.462 e. The third-order valence-electron chi connectivity index (χ3n) is 2.40. The second kappa shape index (κ2) is 5.35. The van der Waals surface area contributed by atoms with Gasteiger partial charge in [0.2, 0.25) is 0 Å². The highest BCUT2D eigenvalue weighted by Gasteiger charge is 2.38. The van der Waals surface area contributed by atoms with Crippen LogP contribution in [0.3, 0.4) is 0 Å². The molecule has 20 heavy (non-hydrogen) atoms. The number of ether oxygens (including phenoxy) is 1. The van der Waals surface area contributed by atoms with Gasteiger partial charge in [0.05, 0.1) is 12.2 Å². The van der Waals surface area contributed by atoms with Crippen LogP contribution in [0.25, 0.3) is 11.0 Å². The number of nitrogens with zero attached hydrogens (tertiary/aromatic N) is 2. The number of aromatic nitrogens is 2. The van der Waals surface area contributed by atoms with E-state index in [0.717, 1.165) is 6.07 Å². The molecular formula is C12H8BrF3N2O2. The van der Waals surface area contributed by atoms with Crippen molar-refractivity contribution in [1.29, 1.82) is 0 Å². The summed E-state index contributed by atoms with van der Waals surface area (Å²) in [5.74, 6) is -1.06. The van der Waals surface area contributed by atoms with Gasteiger partial charge in [-0.25, -0.2) is 14.8 Å². The number of carbonyl (C=O) groups is 1. The third kappa shape index (κ3) is 2.90. The Labute approximate surface area is 120 Å². The smallest absolute Gasteiger partial charge is 0.434 e. The Morgan fingerprint density at radius 3 is 2.70 bits per heavy atom. The van der Waals surface area contributed by atoms with E-state index in [0.29, 0.717) is 9.86 Å². The minimum absolute atomic E-state index is 0.0229. The number of carbonyl (C=O) groups excluding carboxylic acids is 1. The molecule has 4 nitrogen and oxygen atoms in total. The van der Waals surface area contributed by atoms with Gasteiger partial charge in [0.25, 0.3) is 0 Å². The van der Waals surface area contributed by atoms with E-state index in [1.54, 1.807) is 0 Å². The maximum absolute atomic E-state index is 12.9. The normalized spacial score (nSPS) is 11.7. The van der Waals surface area contributed by atoms with Crippen LogP contribution in [0, 0.1) is 0 Å². The molecule has 0 aromatic carbocycles. The lowest BCUT2D eigenvalue weighted by Crippen LogP contribution is -2.17. The Bertz CT molecular complexity index is 674. The molecule has 0 bridgehead atoms. The van der Waals surface area contributed by atoms with Gasteiger partial charge in [-0.3, -0.25) is 0 Å². The molecule has 0 aliphatic carbocycles. The highest BCUT2D eigenvalue weighted by molar-refractivity contribution is 9.10. The van der Waals surface area contributed by atoms with Gasteiger partial charge in [-0.05, 0) is 35.0 Å². The lowest BCUT2D eigenvalue weighted by molar-refractivity contribution is -0.141. The van der Waals surface area contributed by atoms with E-state index < -0.39 is 23.4 Å². The van der Waals surface area contributed by atoms with Crippen LogP contribution < -0.4 is 0 Å². The zero-order valence-corrected chi connectivity index (χ0v) is 11.7. The van der Waals surface area contributed by atoms with Crippen molar-refractivity contribution in [3.05, 3.63) is 34.1 Å². The molecule has 0 saturated carbocycles.